The lowest BCUT2D eigenvalue weighted by Crippen LogP contribution is -2.22. The van der Waals surface area contributed by atoms with Crippen molar-refractivity contribution in [3.05, 3.63) is 53.6 Å². The van der Waals surface area contributed by atoms with Gasteiger partial charge >= 0.3 is 0 Å². The zero-order valence-corrected chi connectivity index (χ0v) is 17.8. The van der Waals surface area contributed by atoms with E-state index in [2.05, 4.69) is 80.0 Å². The summed E-state index contributed by atoms with van der Waals surface area (Å²) in [7, 11) is 5.84. The van der Waals surface area contributed by atoms with Crippen molar-refractivity contribution < 1.29 is 9.47 Å². The van der Waals surface area contributed by atoms with Crippen LogP contribution in [0.3, 0.4) is 0 Å². The average molecular weight is 371 g/mol. The van der Waals surface area contributed by atoms with E-state index >= 15 is 0 Å². The number of rotatable bonds is 9. The molecular formula is C23H34N2O2. The lowest BCUT2D eigenvalue weighted by atomic mass is 9.99. The van der Waals surface area contributed by atoms with Gasteiger partial charge < -0.3 is 19.3 Å². The lowest BCUT2D eigenvalue weighted by molar-refractivity contribution is 0.130. The van der Waals surface area contributed by atoms with E-state index in [9.17, 15) is 0 Å². The maximum absolute atomic E-state index is 6.18. The molecule has 1 atom stereocenters. The van der Waals surface area contributed by atoms with Gasteiger partial charge in [-0.1, -0.05) is 18.2 Å². The first-order chi connectivity index (χ1) is 12.9. The molecule has 2 aromatic carbocycles. The second-order valence-electron chi connectivity index (χ2n) is 7.16. The van der Waals surface area contributed by atoms with Crippen LogP contribution in [0.1, 0.15) is 44.9 Å². The van der Waals surface area contributed by atoms with Gasteiger partial charge in [0.2, 0.25) is 0 Å². The van der Waals surface area contributed by atoms with E-state index in [0.717, 1.165) is 30.0 Å². The van der Waals surface area contributed by atoms with Crippen LogP contribution < -0.4 is 14.5 Å². The van der Waals surface area contributed by atoms with Crippen LogP contribution in [0.25, 0.3) is 0 Å². The van der Waals surface area contributed by atoms with Gasteiger partial charge in [-0.05, 0) is 51.5 Å². The average Bonchev–Trinajstić information content (AvgIpc) is 2.65. The molecule has 0 amide bonds. The minimum atomic E-state index is -0.166. The van der Waals surface area contributed by atoms with E-state index in [0.29, 0.717) is 0 Å². The van der Waals surface area contributed by atoms with Crippen LogP contribution in [-0.2, 0) is 4.74 Å². The Labute approximate surface area is 164 Å². The molecule has 0 aromatic heterocycles. The van der Waals surface area contributed by atoms with Crippen molar-refractivity contribution in [3.63, 3.8) is 0 Å². The quantitative estimate of drug-likeness (QED) is 0.611. The van der Waals surface area contributed by atoms with Gasteiger partial charge in [0.15, 0.2) is 0 Å². The molecular weight excluding hydrogens is 336 g/mol. The van der Waals surface area contributed by atoms with Gasteiger partial charge in [0.1, 0.15) is 11.9 Å². The van der Waals surface area contributed by atoms with Crippen molar-refractivity contribution in [2.45, 2.75) is 39.9 Å². The van der Waals surface area contributed by atoms with E-state index < -0.39 is 0 Å². The SMILES string of the molecule is CCN(CC)c1ccc(C(OC)c2ccc(N(C)C)cc2)c(OC(C)C)c1. The predicted molar refractivity (Wildman–Crippen MR) is 115 cm³/mol. The highest BCUT2D eigenvalue weighted by Gasteiger charge is 2.20. The Balaban J connectivity index is 2.45. The Morgan fingerprint density at radius 1 is 0.889 bits per heavy atom. The number of methoxy groups -OCH3 is 1. The van der Waals surface area contributed by atoms with Crippen LogP contribution in [0.5, 0.6) is 5.75 Å². The summed E-state index contributed by atoms with van der Waals surface area (Å²) in [5.74, 6) is 0.887. The lowest BCUT2D eigenvalue weighted by Gasteiger charge is -2.26. The minimum absolute atomic E-state index is 0.101. The number of ether oxygens (including phenoxy) is 2. The zero-order chi connectivity index (χ0) is 20.0. The highest BCUT2D eigenvalue weighted by atomic mass is 16.5. The molecule has 0 N–H and O–H groups in total. The third kappa shape index (κ3) is 5.16. The standard InChI is InChI=1S/C23H34N2O2/c1-8-25(9-2)20-14-15-21(22(16-20)27-17(3)4)23(26-7)18-10-12-19(13-11-18)24(5)6/h10-17,23H,8-9H2,1-7H3. The molecule has 0 aliphatic heterocycles. The molecule has 0 saturated carbocycles. The summed E-state index contributed by atoms with van der Waals surface area (Å²) in [5, 5.41) is 0. The van der Waals surface area contributed by atoms with Gasteiger partial charge in [-0.3, -0.25) is 0 Å². The first-order valence-corrected chi connectivity index (χ1v) is 9.76. The maximum atomic E-state index is 6.18. The highest BCUT2D eigenvalue weighted by Crippen LogP contribution is 2.36. The molecule has 1 unspecified atom stereocenters. The van der Waals surface area contributed by atoms with Gasteiger partial charge in [-0.2, -0.15) is 0 Å². The van der Waals surface area contributed by atoms with Gasteiger partial charge in [0.25, 0.3) is 0 Å². The molecule has 2 rings (SSSR count). The van der Waals surface area contributed by atoms with Gasteiger partial charge in [0.05, 0.1) is 6.10 Å². The van der Waals surface area contributed by atoms with E-state index in [-0.39, 0.29) is 12.2 Å². The summed E-state index contributed by atoms with van der Waals surface area (Å²) < 4.78 is 12.1. The fourth-order valence-corrected chi connectivity index (χ4v) is 3.27. The Hall–Kier alpha value is -2.20. The van der Waals surface area contributed by atoms with Crippen LogP contribution in [0.2, 0.25) is 0 Å². The molecule has 0 heterocycles. The first-order valence-electron chi connectivity index (χ1n) is 9.76. The van der Waals surface area contributed by atoms with Gasteiger partial charge in [-0.25, -0.2) is 0 Å². The molecule has 0 aliphatic carbocycles. The third-order valence-corrected chi connectivity index (χ3v) is 4.72. The van der Waals surface area contributed by atoms with E-state index in [1.54, 1.807) is 7.11 Å². The number of anilines is 2. The molecule has 4 nitrogen and oxygen atoms in total. The van der Waals surface area contributed by atoms with E-state index in [1.165, 1.54) is 11.4 Å². The highest BCUT2D eigenvalue weighted by molar-refractivity contribution is 5.56. The topological polar surface area (TPSA) is 24.9 Å². The number of hydrogen-bond donors (Lipinski definition) is 0. The molecule has 0 spiro atoms. The molecule has 0 saturated heterocycles. The maximum Gasteiger partial charge on any atom is 0.127 e. The van der Waals surface area contributed by atoms with Crippen molar-refractivity contribution in [1.82, 2.24) is 0 Å². The molecule has 0 fully saturated rings. The number of benzene rings is 2. The molecule has 4 heteroatoms. The molecule has 27 heavy (non-hydrogen) atoms. The van der Waals surface area contributed by atoms with Crippen LogP contribution in [0.15, 0.2) is 42.5 Å². The number of nitrogens with zero attached hydrogens (tertiary/aromatic N) is 2. The second-order valence-corrected chi connectivity index (χ2v) is 7.16. The monoisotopic (exact) mass is 370 g/mol. The molecule has 0 bridgehead atoms. The summed E-state index contributed by atoms with van der Waals surface area (Å²) in [4.78, 5) is 4.42. The normalized spacial score (nSPS) is 12.1. The fourth-order valence-electron chi connectivity index (χ4n) is 3.27. The third-order valence-electron chi connectivity index (χ3n) is 4.72. The predicted octanol–water partition coefficient (Wildman–Crippen LogP) is 5.12. The van der Waals surface area contributed by atoms with E-state index in [1.807, 2.05) is 14.1 Å². The summed E-state index contributed by atoms with van der Waals surface area (Å²) in [6.07, 6.45) is -0.0648. The Bertz CT molecular complexity index is 707. The van der Waals surface area contributed by atoms with Gasteiger partial charge in [-0.15, -0.1) is 0 Å². The molecule has 148 valence electrons. The summed E-state index contributed by atoms with van der Waals surface area (Å²) >= 11 is 0. The molecule has 2 aromatic rings. The smallest absolute Gasteiger partial charge is 0.127 e. The Morgan fingerprint density at radius 3 is 1.96 bits per heavy atom. The first kappa shape index (κ1) is 21.1. The van der Waals surface area contributed by atoms with Crippen molar-refractivity contribution in [2.75, 3.05) is 44.1 Å². The van der Waals surface area contributed by atoms with Crippen molar-refractivity contribution in [1.29, 1.82) is 0 Å². The van der Waals surface area contributed by atoms with Crippen LogP contribution in [0.4, 0.5) is 11.4 Å². The van der Waals surface area contributed by atoms with Crippen LogP contribution in [0, 0.1) is 0 Å². The largest absolute Gasteiger partial charge is 0.491 e. The minimum Gasteiger partial charge on any atom is -0.491 e. The Morgan fingerprint density at radius 2 is 1.48 bits per heavy atom. The fraction of sp³-hybridized carbons (Fsp3) is 0.478. The summed E-state index contributed by atoms with van der Waals surface area (Å²) in [6, 6.07) is 14.9. The molecule has 0 aliphatic rings. The van der Waals surface area contributed by atoms with Crippen molar-refractivity contribution >= 4 is 11.4 Å². The van der Waals surface area contributed by atoms with Gasteiger partial charge in [0, 0.05) is 57.3 Å². The zero-order valence-electron chi connectivity index (χ0n) is 17.8. The van der Waals surface area contributed by atoms with E-state index in [4.69, 9.17) is 9.47 Å². The molecule has 0 radical (unpaired) electrons. The van der Waals surface area contributed by atoms with Crippen LogP contribution >= 0.6 is 0 Å². The number of hydrogen-bond acceptors (Lipinski definition) is 4. The van der Waals surface area contributed by atoms with Crippen molar-refractivity contribution in [2.24, 2.45) is 0 Å². The van der Waals surface area contributed by atoms with Crippen molar-refractivity contribution in [3.8, 4) is 5.75 Å². The van der Waals surface area contributed by atoms with Crippen LogP contribution in [-0.4, -0.2) is 40.4 Å². The second kappa shape index (κ2) is 9.65. The summed E-state index contributed by atoms with van der Waals surface area (Å²) in [5.41, 5.74) is 4.52. The Kier molecular flexibility index (Phi) is 7.55. The summed E-state index contributed by atoms with van der Waals surface area (Å²) in [6.45, 7) is 10.4.